The molecule has 0 fully saturated rings. The highest BCUT2D eigenvalue weighted by atomic mass is 16.5. The molecular weight excluding hydrogens is 394 g/mol. The third-order valence-electron chi connectivity index (χ3n) is 5.63. The smallest absolute Gasteiger partial charge is 0.414 e. The molecule has 3 heterocycles. The van der Waals surface area contributed by atoms with Crippen molar-refractivity contribution in [3.63, 3.8) is 0 Å². The molecule has 8 heteroatoms. The lowest BCUT2D eigenvalue weighted by molar-refractivity contribution is -0.122. The van der Waals surface area contributed by atoms with Crippen molar-refractivity contribution in [3.05, 3.63) is 47.8 Å². The molecule has 3 aromatic rings. The number of imidazole rings is 1. The molecule has 0 atom stereocenters. The Morgan fingerprint density at radius 3 is 2.84 bits per heavy atom. The first-order valence-corrected chi connectivity index (χ1v) is 10.6. The second-order valence-electron chi connectivity index (χ2n) is 8.28. The van der Waals surface area contributed by atoms with E-state index >= 15 is 0 Å². The van der Waals surface area contributed by atoms with Gasteiger partial charge in [0.25, 0.3) is 0 Å². The molecule has 4 rings (SSSR count). The fourth-order valence-electron chi connectivity index (χ4n) is 3.89. The molecule has 31 heavy (non-hydrogen) atoms. The highest BCUT2D eigenvalue weighted by Gasteiger charge is 2.44. The second kappa shape index (κ2) is 8.37. The summed E-state index contributed by atoms with van der Waals surface area (Å²) in [5.74, 6) is 0.411. The number of pyridine rings is 1. The maximum Gasteiger partial charge on any atom is 0.414 e. The van der Waals surface area contributed by atoms with E-state index in [4.69, 9.17) is 4.74 Å². The van der Waals surface area contributed by atoms with E-state index in [1.165, 1.54) is 0 Å². The largest absolute Gasteiger partial charge is 0.443 e. The van der Waals surface area contributed by atoms with Gasteiger partial charge in [-0.25, -0.2) is 9.78 Å². The molecule has 2 N–H and O–H groups in total. The number of carbonyl (C=O) groups excluding carboxylic acids is 2. The van der Waals surface area contributed by atoms with E-state index in [0.717, 1.165) is 36.0 Å². The molecule has 0 saturated heterocycles. The molecule has 2 aromatic heterocycles. The van der Waals surface area contributed by atoms with Crippen LogP contribution in [-0.4, -0.2) is 33.5 Å². The zero-order valence-corrected chi connectivity index (χ0v) is 18.1. The highest BCUT2D eigenvalue weighted by molar-refractivity contribution is 6.09. The summed E-state index contributed by atoms with van der Waals surface area (Å²) in [5, 5.41) is 2.62. The Morgan fingerprint density at radius 2 is 2.10 bits per heavy atom. The predicted octanol–water partition coefficient (Wildman–Crippen LogP) is 4.52. The van der Waals surface area contributed by atoms with Crippen LogP contribution < -0.4 is 10.2 Å². The van der Waals surface area contributed by atoms with E-state index in [2.05, 4.69) is 27.2 Å². The van der Waals surface area contributed by atoms with Gasteiger partial charge in [0, 0.05) is 12.7 Å². The Hall–Kier alpha value is -3.42. The first-order chi connectivity index (χ1) is 14.9. The van der Waals surface area contributed by atoms with Crippen LogP contribution in [0, 0.1) is 0 Å². The van der Waals surface area contributed by atoms with Gasteiger partial charge in [0.1, 0.15) is 6.61 Å². The van der Waals surface area contributed by atoms with Gasteiger partial charge in [-0.05, 0) is 50.1 Å². The zero-order valence-electron chi connectivity index (χ0n) is 18.1. The summed E-state index contributed by atoms with van der Waals surface area (Å²) >= 11 is 0. The van der Waals surface area contributed by atoms with E-state index in [9.17, 15) is 9.59 Å². The minimum absolute atomic E-state index is 0.0736. The van der Waals surface area contributed by atoms with Crippen LogP contribution in [-0.2, 0) is 21.6 Å². The number of nitrogens with zero attached hydrogens (tertiary/aromatic N) is 3. The van der Waals surface area contributed by atoms with Gasteiger partial charge < -0.3 is 14.6 Å². The number of H-pyrrole nitrogens is 1. The van der Waals surface area contributed by atoms with Crippen LogP contribution in [0.5, 0.6) is 0 Å². The van der Waals surface area contributed by atoms with Crippen LogP contribution >= 0.6 is 0 Å². The number of aromatic amines is 1. The summed E-state index contributed by atoms with van der Waals surface area (Å²) < 4.78 is 5.20. The Labute approximate surface area is 181 Å². The molecule has 0 spiro atoms. The van der Waals surface area contributed by atoms with Crippen molar-refractivity contribution in [2.75, 3.05) is 16.8 Å². The van der Waals surface area contributed by atoms with Gasteiger partial charge in [0.15, 0.2) is 0 Å². The molecule has 0 aliphatic carbocycles. The van der Waals surface area contributed by atoms with Crippen molar-refractivity contribution in [1.29, 1.82) is 0 Å². The number of aromatic nitrogens is 3. The van der Waals surface area contributed by atoms with Crippen LogP contribution in [0.1, 0.15) is 51.3 Å². The van der Waals surface area contributed by atoms with Gasteiger partial charge >= 0.3 is 6.09 Å². The Bertz CT molecular complexity index is 1110. The molecule has 2 amide bonds. The number of benzene rings is 1. The Kier molecular flexibility index (Phi) is 5.63. The highest BCUT2D eigenvalue weighted by Crippen LogP contribution is 2.43. The van der Waals surface area contributed by atoms with E-state index in [0.29, 0.717) is 23.7 Å². The molecule has 0 bridgehead atoms. The fourth-order valence-corrected chi connectivity index (χ4v) is 3.89. The third kappa shape index (κ3) is 4.10. The maximum atomic E-state index is 13.0. The molecule has 0 radical (unpaired) electrons. The standard InChI is InChI=1S/C23H27N5O3/c1-4-5-8-11-28-19-13-18-17(12-16(19)23(2,3)20(28)29)25-21(26-18)27-22(30)31-14-15-9-6-7-10-24-15/h6-7,9-10,12-13H,4-5,8,11,14H2,1-3H3,(H2,25,26,27,30). The summed E-state index contributed by atoms with van der Waals surface area (Å²) in [5.41, 5.74) is 3.37. The Morgan fingerprint density at radius 1 is 1.26 bits per heavy atom. The van der Waals surface area contributed by atoms with Crippen LogP contribution in [0.2, 0.25) is 0 Å². The average Bonchev–Trinajstić information content (AvgIpc) is 3.23. The lowest BCUT2D eigenvalue weighted by atomic mass is 9.86. The normalized spacial score (nSPS) is 14.7. The zero-order chi connectivity index (χ0) is 22.0. The summed E-state index contributed by atoms with van der Waals surface area (Å²) in [6, 6.07) is 9.30. The first kappa shape index (κ1) is 20.8. The number of unbranched alkanes of at least 4 members (excludes halogenated alkanes) is 2. The number of amides is 2. The molecule has 162 valence electrons. The van der Waals surface area contributed by atoms with Crippen LogP contribution in [0.3, 0.4) is 0 Å². The minimum atomic E-state index is -0.617. The maximum absolute atomic E-state index is 13.0. The monoisotopic (exact) mass is 421 g/mol. The number of hydrogen-bond acceptors (Lipinski definition) is 5. The van der Waals surface area contributed by atoms with Crippen LogP contribution in [0.4, 0.5) is 16.4 Å². The van der Waals surface area contributed by atoms with Gasteiger partial charge in [0.05, 0.1) is 27.8 Å². The number of fused-ring (bicyclic) bond motifs is 2. The lowest BCUT2D eigenvalue weighted by Gasteiger charge is -2.20. The van der Waals surface area contributed by atoms with Crippen molar-refractivity contribution in [1.82, 2.24) is 15.0 Å². The Balaban J connectivity index is 1.52. The van der Waals surface area contributed by atoms with Crippen molar-refractivity contribution in [3.8, 4) is 0 Å². The quantitative estimate of drug-likeness (QED) is 0.546. The number of anilines is 2. The summed E-state index contributed by atoms with van der Waals surface area (Å²) in [6.45, 7) is 6.82. The van der Waals surface area contributed by atoms with Crippen molar-refractivity contribution >= 4 is 34.7 Å². The van der Waals surface area contributed by atoms with E-state index < -0.39 is 11.5 Å². The number of ether oxygens (including phenoxy) is 1. The van der Waals surface area contributed by atoms with E-state index in [1.807, 2.05) is 36.9 Å². The molecule has 0 unspecified atom stereocenters. The molecule has 0 saturated carbocycles. The van der Waals surface area contributed by atoms with Gasteiger partial charge in [0.2, 0.25) is 11.9 Å². The number of carbonyl (C=O) groups is 2. The average molecular weight is 422 g/mol. The predicted molar refractivity (Wildman–Crippen MR) is 119 cm³/mol. The fraction of sp³-hybridized carbons (Fsp3) is 0.391. The van der Waals surface area contributed by atoms with E-state index in [-0.39, 0.29) is 12.5 Å². The lowest BCUT2D eigenvalue weighted by Crippen LogP contribution is -2.36. The molecule has 1 aliphatic heterocycles. The molecule has 1 aliphatic rings. The first-order valence-electron chi connectivity index (χ1n) is 10.6. The van der Waals surface area contributed by atoms with Crippen LogP contribution in [0.15, 0.2) is 36.5 Å². The molecular formula is C23H27N5O3. The van der Waals surface area contributed by atoms with Crippen molar-refractivity contribution in [2.45, 2.75) is 52.1 Å². The molecule has 1 aromatic carbocycles. The molecule has 8 nitrogen and oxygen atoms in total. The SMILES string of the molecule is CCCCCN1C(=O)C(C)(C)c2cc3[nH]c(NC(=O)OCc4ccccn4)nc3cc21. The van der Waals surface area contributed by atoms with Crippen molar-refractivity contribution in [2.24, 2.45) is 0 Å². The second-order valence-corrected chi connectivity index (χ2v) is 8.28. The topological polar surface area (TPSA) is 100 Å². The summed E-state index contributed by atoms with van der Waals surface area (Å²) in [7, 11) is 0. The number of hydrogen-bond donors (Lipinski definition) is 2. The third-order valence-corrected chi connectivity index (χ3v) is 5.63. The van der Waals surface area contributed by atoms with Crippen molar-refractivity contribution < 1.29 is 14.3 Å². The number of nitrogens with one attached hydrogen (secondary N) is 2. The van der Waals surface area contributed by atoms with Gasteiger partial charge in [-0.15, -0.1) is 0 Å². The minimum Gasteiger partial charge on any atom is -0.443 e. The van der Waals surface area contributed by atoms with Gasteiger partial charge in [-0.3, -0.25) is 15.1 Å². The number of rotatable bonds is 7. The summed E-state index contributed by atoms with van der Waals surface area (Å²) in [4.78, 5) is 38.7. The van der Waals surface area contributed by atoms with E-state index in [1.54, 1.807) is 18.3 Å². The van der Waals surface area contributed by atoms with Gasteiger partial charge in [-0.2, -0.15) is 0 Å². The summed E-state index contributed by atoms with van der Waals surface area (Å²) in [6.07, 6.45) is 4.17. The van der Waals surface area contributed by atoms with Gasteiger partial charge in [-0.1, -0.05) is 25.8 Å². The van der Waals surface area contributed by atoms with Crippen LogP contribution in [0.25, 0.3) is 11.0 Å².